The van der Waals surface area contributed by atoms with E-state index in [2.05, 4.69) is 10.3 Å². The van der Waals surface area contributed by atoms with E-state index < -0.39 is 0 Å². The minimum absolute atomic E-state index is 0.515. The highest BCUT2D eigenvalue weighted by molar-refractivity contribution is 6.30. The van der Waals surface area contributed by atoms with Crippen molar-refractivity contribution in [1.82, 2.24) is 10.3 Å². The van der Waals surface area contributed by atoms with Gasteiger partial charge < -0.3 is 10.1 Å². The predicted molar refractivity (Wildman–Crippen MR) is 79.9 cm³/mol. The highest BCUT2D eigenvalue weighted by atomic mass is 35.5. The summed E-state index contributed by atoms with van der Waals surface area (Å²) >= 11 is 5.97. The lowest BCUT2D eigenvalue weighted by atomic mass is 10.2. The molecule has 2 aromatic rings. The molecular weight excluding hydrogens is 272 g/mol. The average Bonchev–Trinajstić information content (AvgIpc) is 3.28. The normalized spacial score (nSPS) is 14.2. The first kappa shape index (κ1) is 13.4. The third-order valence-corrected chi connectivity index (χ3v) is 3.54. The van der Waals surface area contributed by atoms with Gasteiger partial charge in [0.05, 0.1) is 0 Å². The summed E-state index contributed by atoms with van der Waals surface area (Å²) in [6, 6.07) is 10.3. The molecule has 0 amide bonds. The Morgan fingerprint density at radius 1 is 1.30 bits per heavy atom. The Labute approximate surface area is 123 Å². The number of hydrogen-bond donors (Lipinski definition) is 1. The summed E-state index contributed by atoms with van der Waals surface area (Å²) in [5.41, 5.74) is 2.16. The number of halogens is 1. The molecule has 1 aliphatic carbocycles. The van der Waals surface area contributed by atoms with Crippen LogP contribution in [0.3, 0.4) is 0 Å². The van der Waals surface area contributed by atoms with Crippen LogP contribution >= 0.6 is 11.6 Å². The first-order chi connectivity index (χ1) is 9.81. The van der Waals surface area contributed by atoms with Crippen molar-refractivity contribution in [2.24, 2.45) is 0 Å². The Balaban J connectivity index is 1.63. The lowest BCUT2D eigenvalue weighted by Crippen LogP contribution is -2.16. The van der Waals surface area contributed by atoms with E-state index in [0.717, 1.165) is 28.4 Å². The van der Waals surface area contributed by atoms with Crippen LogP contribution in [-0.4, -0.2) is 11.0 Å². The minimum Gasteiger partial charge on any atom is -0.488 e. The predicted octanol–water partition coefficient (Wildman–Crippen LogP) is 3.57. The average molecular weight is 289 g/mol. The van der Waals surface area contributed by atoms with Gasteiger partial charge in [0.1, 0.15) is 12.4 Å². The molecule has 0 spiro atoms. The number of benzene rings is 1. The first-order valence-electron chi connectivity index (χ1n) is 6.85. The Morgan fingerprint density at radius 2 is 2.20 bits per heavy atom. The summed E-state index contributed by atoms with van der Waals surface area (Å²) in [5, 5.41) is 4.21. The van der Waals surface area contributed by atoms with Crippen molar-refractivity contribution >= 4 is 11.6 Å². The van der Waals surface area contributed by atoms with E-state index in [1.54, 1.807) is 6.20 Å². The molecule has 1 aliphatic rings. The molecule has 1 heterocycles. The maximum absolute atomic E-state index is 5.97. The summed E-state index contributed by atoms with van der Waals surface area (Å²) < 4.78 is 5.89. The van der Waals surface area contributed by atoms with Gasteiger partial charge in [-0.2, -0.15) is 0 Å². The van der Waals surface area contributed by atoms with Crippen LogP contribution in [0.1, 0.15) is 24.0 Å². The Morgan fingerprint density at radius 3 is 3.00 bits per heavy atom. The standard InChI is InChI=1S/C16H17ClN2O/c17-14-3-1-2-12(8-14)11-20-16-6-7-18-9-13(16)10-19-15-4-5-15/h1-3,6-9,15,19H,4-5,10-11H2. The largest absolute Gasteiger partial charge is 0.488 e. The molecule has 0 unspecified atom stereocenters. The fourth-order valence-electron chi connectivity index (χ4n) is 2.02. The van der Waals surface area contributed by atoms with Crippen LogP contribution in [0.5, 0.6) is 5.75 Å². The number of rotatable bonds is 6. The molecular formula is C16H17ClN2O. The van der Waals surface area contributed by atoms with E-state index >= 15 is 0 Å². The number of nitrogens with zero attached hydrogens (tertiary/aromatic N) is 1. The van der Waals surface area contributed by atoms with Gasteiger partial charge in [-0.05, 0) is 36.6 Å². The van der Waals surface area contributed by atoms with E-state index in [9.17, 15) is 0 Å². The molecule has 1 saturated carbocycles. The summed E-state index contributed by atoms with van der Waals surface area (Å²) in [5.74, 6) is 0.883. The number of hydrogen-bond acceptors (Lipinski definition) is 3. The Bertz CT molecular complexity index is 584. The van der Waals surface area contributed by atoms with Gasteiger partial charge in [-0.1, -0.05) is 23.7 Å². The molecule has 0 aliphatic heterocycles. The second-order valence-corrected chi connectivity index (χ2v) is 5.49. The maximum atomic E-state index is 5.97. The van der Waals surface area contributed by atoms with Gasteiger partial charge >= 0.3 is 0 Å². The Hall–Kier alpha value is -1.58. The lowest BCUT2D eigenvalue weighted by Gasteiger charge is -2.11. The molecule has 1 aromatic heterocycles. The summed E-state index contributed by atoms with van der Waals surface area (Å²) in [4.78, 5) is 4.17. The van der Waals surface area contributed by atoms with E-state index in [1.807, 2.05) is 36.5 Å². The minimum atomic E-state index is 0.515. The molecule has 1 fully saturated rings. The van der Waals surface area contributed by atoms with Crippen molar-refractivity contribution in [3.05, 3.63) is 58.9 Å². The quantitative estimate of drug-likeness (QED) is 0.882. The topological polar surface area (TPSA) is 34.1 Å². The van der Waals surface area contributed by atoms with Crippen molar-refractivity contribution in [1.29, 1.82) is 0 Å². The number of nitrogens with one attached hydrogen (secondary N) is 1. The highest BCUT2D eigenvalue weighted by Gasteiger charge is 2.20. The van der Waals surface area contributed by atoms with Crippen LogP contribution in [0.25, 0.3) is 0 Å². The van der Waals surface area contributed by atoms with Crippen molar-refractivity contribution in [2.75, 3.05) is 0 Å². The van der Waals surface area contributed by atoms with Gasteiger partial charge in [0.2, 0.25) is 0 Å². The summed E-state index contributed by atoms with van der Waals surface area (Å²) in [6.07, 6.45) is 6.18. The van der Waals surface area contributed by atoms with E-state index in [1.165, 1.54) is 12.8 Å². The van der Waals surface area contributed by atoms with Crippen LogP contribution < -0.4 is 10.1 Å². The van der Waals surface area contributed by atoms with Gasteiger partial charge in [-0.15, -0.1) is 0 Å². The zero-order chi connectivity index (χ0) is 13.8. The molecule has 3 rings (SSSR count). The van der Waals surface area contributed by atoms with Gasteiger partial charge in [0.25, 0.3) is 0 Å². The molecule has 1 aromatic carbocycles. The lowest BCUT2D eigenvalue weighted by molar-refractivity contribution is 0.301. The summed E-state index contributed by atoms with van der Waals surface area (Å²) in [6.45, 7) is 1.32. The van der Waals surface area contributed by atoms with Crippen LogP contribution in [0.4, 0.5) is 0 Å². The fraction of sp³-hybridized carbons (Fsp3) is 0.312. The van der Waals surface area contributed by atoms with Crippen LogP contribution in [0.2, 0.25) is 5.02 Å². The van der Waals surface area contributed by atoms with E-state index in [0.29, 0.717) is 12.6 Å². The number of aromatic nitrogens is 1. The fourth-order valence-corrected chi connectivity index (χ4v) is 2.23. The van der Waals surface area contributed by atoms with Gasteiger partial charge in [0.15, 0.2) is 0 Å². The van der Waals surface area contributed by atoms with Gasteiger partial charge in [-0.25, -0.2) is 0 Å². The molecule has 1 N–H and O–H groups in total. The second-order valence-electron chi connectivity index (χ2n) is 5.06. The molecule has 0 atom stereocenters. The highest BCUT2D eigenvalue weighted by Crippen LogP contribution is 2.23. The molecule has 0 bridgehead atoms. The van der Waals surface area contributed by atoms with Gasteiger partial charge in [0, 0.05) is 35.6 Å². The smallest absolute Gasteiger partial charge is 0.127 e. The molecule has 0 saturated heterocycles. The maximum Gasteiger partial charge on any atom is 0.127 e. The zero-order valence-corrected chi connectivity index (χ0v) is 11.9. The number of ether oxygens (including phenoxy) is 1. The molecule has 0 radical (unpaired) electrons. The third kappa shape index (κ3) is 3.71. The van der Waals surface area contributed by atoms with Gasteiger partial charge in [-0.3, -0.25) is 4.98 Å². The van der Waals surface area contributed by atoms with Crippen molar-refractivity contribution < 1.29 is 4.74 Å². The Kier molecular flexibility index (Phi) is 4.19. The monoisotopic (exact) mass is 288 g/mol. The molecule has 20 heavy (non-hydrogen) atoms. The van der Waals surface area contributed by atoms with E-state index in [4.69, 9.17) is 16.3 Å². The third-order valence-electron chi connectivity index (χ3n) is 3.30. The molecule has 3 nitrogen and oxygen atoms in total. The van der Waals surface area contributed by atoms with Crippen LogP contribution in [-0.2, 0) is 13.2 Å². The van der Waals surface area contributed by atoms with Crippen molar-refractivity contribution in [3.63, 3.8) is 0 Å². The molecule has 4 heteroatoms. The second kappa shape index (κ2) is 6.25. The summed E-state index contributed by atoms with van der Waals surface area (Å²) in [7, 11) is 0. The zero-order valence-electron chi connectivity index (χ0n) is 11.2. The van der Waals surface area contributed by atoms with E-state index in [-0.39, 0.29) is 0 Å². The molecule has 104 valence electrons. The number of pyridine rings is 1. The van der Waals surface area contributed by atoms with Crippen molar-refractivity contribution in [3.8, 4) is 5.75 Å². The van der Waals surface area contributed by atoms with Crippen LogP contribution in [0, 0.1) is 0 Å². The SMILES string of the molecule is Clc1cccc(COc2ccncc2CNC2CC2)c1. The first-order valence-corrected chi connectivity index (χ1v) is 7.22. The van der Waals surface area contributed by atoms with Crippen LogP contribution in [0.15, 0.2) is 42.7 Å². The van der Waals surface area contributed by atoms with Crippen molar-refractivity contribution in [2.45, 2.75) is 32.0 Å².